The fourth-order valence-electron chi connectivity index (χ4n) is 1.97. The Labute approximate surface area is 121 Å². The Morgan fingerprint density at radius 1 is 1.23 bits per heavy atom. The summed E-state index contributed by atoms with van der Waals surface area (Å²) in [4.78, 5) is 35.1. The van der Waals surface area contributed by atoms with Crippen molar-refractivity contribution in [1.82, 2.24) is 10.6 Å². The van der Waals surface area contributed by atoms with Gasteiger partial charge in [0.05, 0.1) is 5.69 Å². The molecule has 6 nitrogen and oxygen atoms in total. The third-order valence-electron chi connectivity index (χ3n) is 2.89. The molecule has 10 heteroatoms. The number of imide groups is 1. The molecule has 22 heavy (non-hydrogen) atoms. The number of alkyl halides is 3. The fraction of sp³-hybridized carbons (Fsp3) is 0.250. The van der Waals surface area contributed by atoms with Crippen LogP contribution in [0.25, 0.3) is 0 Å². The molecule has 2 rings (SSSR count). The Bertz CT molecular complexity index is 644. The van der Waals surface area contributed by atoms with Gasteiger partial charge < -0.3 is 5.32 Å². The fourth-order valence-corrected chi connectivity index (χ4v) is 1.97. The number of amides is 4. The Hall–Kier alpha value is -2.65. The Balaban J connectivity index is 2.49. The summed E-state index contributed by atoms with van der Waals surface area (Å²) in [6, 6.07) is 2.30. The van der Waals surface area contributed by atoms with Gasteiger partial charge in [-0.15, -0.1) is 0 Å². The number of anilines is 1. The van der Waals surface area contributed by atoms with Gasteiger partial charge in [-0.3, -0.25) is 14.9 Å². The van der Waals surface area contributed by atoms with Crippen molar-refractivity contribution in [2.45, 2.75) is 18.8 Å². The summed E-state index contributed by atoms with van der Waals surface area (Å²) < 4.78 is 52.5. The van der Waals surface area contributed by atoms with Crippen LogP contribution in [0.1, 0.15) is 6.92 Å². The molecule has 2 N–H and O–H groups in total. The average Bonchev–Trinajstić information content (AvgIpc) is 2.62. The molecule has 118 valence electrons. The molecule has 0 radical (unpaired) electrons. The number of hydrogen-bond donors (Lipinski definition) is 2. The maximum atomic E-state index is 13.2. The van der Waals surface area contributed by atoms with Crippen molar-refractivity contribution in [3.8, 4) is 0 Å². The highest BCUT2D eigenvalue weighted by molar-refractivity contribution is 6.24. The zero-order chi connectivity index (χ0) is 16.7. The second-order valence-corrected chi connectivity index (χ2v) is 4.48. The largest absolute Gasteiger partial charge is 0.440 e. The van der Waals surface area contributed by atoms with Crippen LogP contribution in [-0.4, -0.2) is 29.7 Å². The molecule has 0 saturated carbocycles. The summed E-state index contributed by atoms with van der Waals surface area (Å²) in [7, 11) is 0. The summed E-state index contributed by atoms with van der Waals surface area (Å²) in [6.45, 7) is 0.771. The van der Waals surface area contributed by atoms with E-state index in [-0.39, 0.29) is 10.6 Å². The van der Waals surface area contributed by atoms with E-state index in [1.807, 2.05) is 0 Å². The minimum atomic E-state index is -5.26. The Morgan fingerprint density at radius 2 is 1.77 bits per heavy atom. The number of nitrogens with one attached hydrogen (secondary N) is 2. The molecule has 1 aromatic carbocycles. The van der Waals surface area contributed by atoms with Crippen LogP contribution in [0, 0.1) is 5.82 Å². The lowest BCUT2D eigenvalue weighted by atomic mass is 10.1. The normalized spacial score (nSPS) is 21.8. The number of benzene rings is 1. The van der Waals surface area contributed by atoms with Crippen molar-refractivity contribution in [3.05, 3.63) is 30.1 Å². The van der Waals surface area contributed by atoms with Crippen molar-refractivity contribution in [3.63, 3.8) is 0 Å². The minimum absolute atomic E-state index is 0.183. The van der Waals surface area contributed by atoms with Crippen LogP contribution < -0.4 is 15.5 Å². The predicted molar refractivity (Wildman–Crippen MR) is 65.0 cm³/mol. The van der Waals surface area contributed by atoms with E-state index in [1.54, 1.807) is 0 Å². The predicted octanol–water partition coefficient (Wildman–Crippen LogP) is 1.28. The van der Waals surface area contributed by atoms with Crippen LogP contribution in [-0.2, 0) is 9.59 Å². The van der Waals surface area contributed by atoms with Gasteiger partial charge in [0, 0.05) is 6.92 Å². The average molecular weight is 319 g/mol. The second kappa shape index (κ2) is 4.97. The van der Waals surface area contributed by atoms with Gasteiger partial charge in [0.15, 0.2) is 0 Å². The Morgan fingerprint density at radius 3 is 2.23 bits per heavy atom. The van der Waals surface area contributed by atoms with Crippen molar-refractivity contribution >= 4 is 23.5 Å². The smallest absolute Gasteiger partial charge is 0.318 e. The molecule has 1 aliphatic rings. The van der Waals surface area contributed by atoms with E-state index in [9.17, 15) is 31.9 Å². The van der Waals surface area contributed by atoms with E-state index in [2.05, 4.69) is 0 Å². The molecule has 1 aliphatic heterocycles. The zero-order valence-electron chi connectivity index (χ0n) is 11.0. The summed E-state index contributed by atoms with van der Waals surface area (Å²) >= 11 is 0. The molecular weight excluding hydrogens is 310 g/mol. The summed E-state index contributed by atoms with van der Waals surface area (Å²) in [5.41, 5.74) is -3.81. The molecule has 0 aliphatic carbocycles. The van der Waals surface area contributed by atoms with Gasteiger partial charge in [0.1, 0.15) is 5.82 Å². The Kier molecular flexibility index (Phi) is 3.55. The van der Waals surface area contributed by atoms with Gasteiger partial charge in [-0.1, -0.05) is 0 Å². The third-order valence-corrected chi connectivity index (χ3v) is 2.89. The van der Waals surface area contributed by atoms with Crippen LogP contribution in [0.5, 0.6) is 0 Å². The van der Waals surface area contributed by atoms with E-state index < -0.39 is 35.5 Å². The maximum Gasteiger partial charge on any atom is 0.440 e. The number of nitrogens with zero attached hydrogens (tertiary/aromatic N) is 1. The molecular formula is C12H9F4N3O3. The van der Waals surface area contributed by atoms with E-state index >= 15 is 0 Å². The lowest BCUT2D eigenvalue weighted by molar-refractivity contribution is -0.201. The first-order valence-electron chi connectivity index (χ1n) is 5.86. The third kappa shape index (κ3) is 2.36. The first-order chi connectivity index (χ1) is 10.1. The van der Waals surface area contributed by atoms with Gasteiger partial charge in [-0.25, -0.2) is 14.1 Å². The minimum Gasteiger partial charge on any atom is -0.318 e. The van der Waals surface area contributed by atoms with Crippen LogP contribution in [0.3, 0.4) is 0 Å². The van der Waals surface area contributed by atoms with Crippen LogP contribution in [0.2, 0.25) is 0 Å². The maximum absolute atomic E-state index is 13.2. The standard InChI is InChI=1S/C12H9F4N3O3/c1-6(20)17-11(12(14,15)16)9(21)19(10(22)18-11)8-4-2-7(13)3-5-8/h2-5H,1H3,(H,17,20)(H,18,22)/t11-/m1/s1. The van der Waals surface area contributed by atoms with Gasteiger partial charge in [0.25, 0.3) is 11.6 Å². The van der Waals surface area contributed by atoms with Crippen molar-refractivity contribution in [2.24, 2.45) is 0 Å². The topological polar surface area (TPSA) is 78.5 Å². The molecule has 1 atom stereocenters. The van der Waals surface area contributed by atoms with E-state index in [1.165, 1.54) is 10.6 Å². The monoisotopic (exact) mass is 319 g/mol. The molecule has 0 aromatic heterocycles. The van der Waals surface area contributed by atoms with E-state index in [0.717, 1.165) is 31.2 Å². The van der Waals surface area contributed by atoms with Crippen LogP contribution in [0.15, 0.2) is 24.3 Å². The van der Waals surface area contributed by atoms with Crippen LogP contribution in [0.4, 0.5) is 28.0 Å². The SMILES string of the molecule is CC(=O)N[C@@]1(C(F)(F)F)NC(=O)N(c2ccc(F)cc2)C1=O. The van der Waals surface area contributed by atoms with Gasteiger partial charge in [-0.05, 0) is 24.3 Å². The van der Waals surface area contributed by atoms with Gasteiger partial charge >= 0.3 is 12.2 Å². The van der Waals surface area contributed by atoms with E-state index in [0.29, 0.717) is 0 Å². The second-order valence-electron chi connectivity index (χ2n) is 4.48. The number of carbonyl (C=O) groups excluding carboxylic acids is 3. The van der Waals surface area contributed by atoms with Crippen molar-refractivity contribution in [1.29, 1.82) is 0 Å². The molecule has 0 bridgehead atoms. The molecule has 0 unspecified atom stereocenters. The molecule has 1 heterocycles. The molecule has 1 aromatic rings. The highest BCUT2D eigenvalue weighted by Crippen LogP contribution is 2.35. The molecule has 4 amide bonds. The number of halogens is 4. The molecule has 1 saturated heterocycles. The summed E-state index contributed by atoms with van der Waals surface area (Å²) in [5.74, 6) is -3.58. The van der Waals surface area contributed by atoms with Crippen molar-refractivity contribution in [2.75, 3.05) is 4.90 Å². The lowest BCUT2D eigenvalue weighted by Crippen LogP contribution is -2.69. The molecule has 1 fully saturated rings. The number of hydrogen-bond acceptors (Lipinski definition) is 3. The highest BCUT2D eigenvalue weighted by Gasteiger charge is 2.68. The first-order valence-corrected chi connectivity index (χ1v) is 5.86. The lowest BCUT2D eigenvalue weighted by Gasteiger charge is -2.29. The number of rotatable bonds is 2. The quantitative estimate of drug-likeness (QED) is 0.637. The highest BCUT2D eigenvalue weighted by atomic mass is 19.4. The molecule has 0 spiro atoms. The first kappa shape index (κ1) is 15.7. The zero-order valence-corrected chi connectivity index (χ0v) is 11.0. The van der Waals surface area contributed by atoms with Crippen LogP contribution >= 0.6 is 0 Å². The summed E-state index contributed by atoms with van der Waals surface area (Å²) in [5, 5.41) is 2.86. The van der Waals surface area contributed by atoms with E-state index in [4.69, 9.17) is 0 Å². The van der Waals surface area contributed by atoms with Gasteiger partial charge in [-0.2, -0.15) is 13.2 Å². The number of urea groups is 1. The van der Waals surface area contributed by atoms with Crippen molar-refractivity contribution < 1.29 is 31.9 Å². The number of carbonyl (C=O) groups is 3. The summed E-state index contributed by atoms with van der Waals surface area (Å²) in [6.07, 6.45) is -5.26. The van der Waals surface area contributed by atoms with Gasteiger partial charge in [0.2, 0.25) is 5.91 Å².